The molecular weight excluding hydrogens is 381 g/mol. The van der Waals surface area contributed by atoms with Crippen LogP contribution in [-0.2, 0) is 24.2 Å². The number of halogens is 1. The number of likely N-dealkylation sites (tertiary alicyclic amines) is 1. The molecule has 2 aromatic rings. The molecule has 1 saturated heterocycles. The van der Waals surface area contributed by atoms with Crippen LogP contribution in [-0.4, -0.2) is 59.9 Å². The van der Waals surface area contributed by atoms with E-state index >= 15 is 0 Å². The van der Waals surface area contributed by atoms with E-state index in [1.807, 2.05) is 19.0 Å². The van der Waals surface area contributed by atoms with Crippen LogP contribution in [0.3, 0.4) is 0 Å². The minimum atomic E-state index is -0.286. The van der Waals surface area contributed by atoms with Crippen LogP contribution in [0.25, 0.3) is 0 Å². The first-order chi connectivity index (χ1) is 14.4. The molecular formula is C23H30FN5O. The number of nitrogens with zero attached hydrogens (tertiary/aromatic N) is 5. The average Bonchev–Trinajstić information content (AvgIpc) is 2.74. The van der Waals surface area contributed by atoms with Crippen molar-refractivity contribution in [2.45, 2.75) is 44.7 Å². The van der Waals surface area contributed by atoms with Gasteiger partial charge in [0.15, 0.2) is 5.82 Å². The minimum Gasteiger partial charge on any atom is -0.362 e. The van der Waals surface area contributed by atoms with Gasteiger partial charge in [-0.25, -0.2) is 14.4 Å². The Kier molecular flexibility index (Phi) is 5.99. The Morgan fingerprint density at radius 3 is 2.67 bits per heavy atom. The number of rotatable bonds is 4. The number of fused-ring (bicyclic) bond motifs is 1. The van der Waals surface area contributed by atoms with Gasteiger partial charge in [0, 0.05) is 45.7 Å². The number of benzene rings is 1. The van der Waals surface area contributed by atoms with Crippen molar-refractivity contribution in [3.63, 3.8) is 0 Å². The Bertz CT molecular complexity index is 915. The van der Waals surface area contributed by atoms with Gasteiger partial charge < -0.3 is 14.7 Å². The zero-order valence-corrected chi connectivity index (χ0v) is 18.1. The van der Waals surface area contributed by atoms with Gasteiger partial charge in [0.1, 0.15) is 11.6 Å². The summed E-state index contributed by atoms with van der Waals surface area (Å²) >= 11 is 0. The van der Waals surface area contributed by atoms with E-state index in [-0.39, 0.29) is 24.2 Å². The standard InChI is InChI=1S/C23H30FN5O/c1-27(2)23-18-15-28(3)13-11-19(18)25-22(26-23)20-6-4-5-12-29(20)21(30)14-16-7-9-17(24)10-8-16/h7-10,20H,4-6,11-15H2,1-3H3/t20-/m1/s1. The zero-order chi connectivity index (χ0) is 21.3. The maximum absolute atomic E-state index is 13.2. The molecule has 0 aliphatic carbocycles. The number of aromatic nitrogens is 2. The lowest BCUT2D eigenvalue weighted by Crippen LogP contribution is -2.41. The minimum absolute atomic E-state index is 0.0544. The Morgan fingerprint density at radius 1 is 1.17 bits per heavy atom. The summed E-state index contributed by atoms with van der Waals surface area (Å²) in [4.78, 5) is 29.3. The number of piperidine rings is 1. The quantitative estimate of drug-likeness (QED) is 0.774. The predicted molar refractivity (Wildman–Crippen MR) is 115 cm³/mol. The lowest BCUT2D eigenvalue weighted by Gasteiger charge is -2.36. The van der Waals surface area contributed by atoms with Crippen molar-refractivity contribution in [3.8, 4) is 0 Å². The second kappa shape index (κ2) is 8.68. The van der Waals surface area contributed by atoms with Crippen LogP contribution in [0.5, 0.6) is 0 Å². The number of anilines is 1. The molecule has 0 N–H and O–H groups in total. The van der Waals surface area contributed by atoms with E-state index in [1.165, 1.54) is 17.7 Å². The van der Waals surface area contributed by atoms with E-state index in [0.717, 1.165) is 61.7 Å². The summed E-state index contributed by atoms with van der Waals surface area (Å²) in [6.07, 6.45) is 4.10. The van der Waals surface area contributed by atoms with Crippen LogP contribution in [0.15, 0.2) is 24.3 Å². The highest BCUT2D eigenvalue weighted by atomic mass is 19.1. The molecule has 1 atom stereocenters. The highest BCUT2D eigenvalue weighted by Crippen LogP contribution is 2.33. The second-order valence-electron chi connectivity index (χ2n) is 8.61. The van der Waals surface area contributed by atoms with Gasteiger partial charge in [0.05, 0.1) is 18.2 Å². The largest absolute Gasteiger partial charge is 0.362 e. The summed E-state index contributed by atoms with van der Waals surface area (Å²) < 4.78 is 13.2. The molecule has 160 valence electrons. The van der Waals surface area contributed by atoms with Gasteiger partial charge in [-0.3, -0.25) is 4.79 Å². The van der Waals surface area contributed by atoms with Crippen molar-refractivity contribution >= 4 is 11.7 Å². The average molecular weight is 412 g/mol. The molecule has 6 nitrogen and oxygen atoms in total. The topological polar surface area (TPSA) is 52.6 Å². The zero-order valence-electron chi connectivity index (χ0n) is 18.1. The molecule has 0 saturated carbocycles. The molecule has 0 bridgehead atoms. The van der Waals surface area contributed by atoms with Crippen molar-refractivity contribution in [1.29, 1.82) is 0 Å². The van der Waals surface area contributed by atoms with Crippen molar-refractivity contribution in [2.75, 3.05) is 39.1 Å². The summed E-state index contributed by atoms with van der Waals surface area (Å²) in [7, 11) is 6.14. The Balaban J connectivity index is 1.63. The number of hydrogen-bond donors (Lipinski definition) is 0. The van der Waals surface area contributed by atoms with E-state index in [1.54, 1.807) is 12.1 Å². The Labute approximate surface area is 177 Å². The van der Waals surface area contributed by atoms with E-state index in [0.29, 0.717) is 6.54 Å². The van der Waals surface area contributed by atoms with E-state index < -0.39 is 0 Å². The molecule has 1 aromatic heterocycles. The third-order valence-corrected chi connectivity index (χ3v) is 6.06. The fraction of sp³-hybridized carbons (Fsp3) is 0.522. The summed E-state index contributed by atoms with van der Waals surface area (Å²) in [5.41, 5.74) is 3.13. The van der Waals surface area contributed by atoms with Crippen LogP contribution in [0.2, 0.25) is 0 Å². The SMILES string of the molecule is CN1CCc2nc([C@H]3CCCCN3C(=O)Cc3ccc(F)cc3)nc(N(C)C)c2C1. The normalized spacial score (nSPS) is 19.5. The number of hydrogen-bond acceptors (Lipinski definition) is 5. The van der Waals surface area contributed by atoms with Gasteiger partial charge in [-0.1, -0.05) is 12.1 Å². The monoisotopic (exact) mass is 411 g/mol. The van der Waals surface area contributed by atoms with Crippen LogP contribution >= 0.6 is 0 Å². The second-order valence-corrected chi connectivity index (χ2v) is 8.61. The molecule has 4 rings (SSSR count). The lowest BCUT2D eigenvalue weighted by atomic mass is 9.99. The summed E-state index contributed by atoms with van der Waals surface area (Å²) in [5, 5.41) is 0. The van der Waals surface area contributed by atoms with Gasteiger partial charge in [0.2, 0.25) is 5.91 Å². The van der Waals surface area contributed by atoms with Gasteiger partial charge in [-0.05, 0) is 44.0 Å². The lowest BCUT2D eigenvalue weighted by molar-refractivity contribution is -0.134. The fourth-order valence-electron chi connectivity index (χ4n) is 4.45. The van der Waals surface area contributed by atoms with Gasteiger partial charge in [0.25, 0.3) is 0 Å². The number of likely N-dealkylation sites (N-methyl/N-ethyl adjacent to an activating group) is 1. The first kappa shape index (κ1) is 20.7. The van der Waals surface area contributed by atoms with Crippen LogP contribution in [0.1, 0.15) is 47.9 Å². The molecule has 2 aliphatic rings. The highest BCUT2D eigenvalue weighted by Gasteiger charge is 2.32. The van der Waals surface area contributed by atoms with E-state index in [9.17, 15) is 9.18 Å². The Hall–Kier alpha value is -2.54. The van der Waals surface area contributed by atoms with Crippen molar-refractivity contribution in [3.05, 3.63) is 52.7 Å². The van der Waals surface area contributed by atoms with Crippen molar-refractivity contribution in [1.82, 2.24) is 19.8 Å². The third-order valence-electron chi connectivity index (χ3n) is 6.06. The fourth-order valence-corrected chi connectivity index (χ4v) is 4.45. The van der Waals surface area contributed by atoms with Gasteiger partial charge in [-0.2, -0.15) is 0 Å². The first-order valence-corrected chi connectivity index (χ1v) is 10.7. The molecule has 7 heteroatoms. The van der Waals surface area contributed by atoms with Crippen LogP contribution in [0, 0.1) is 5.82 Å². The molecule has 3 heterocycles. The number of carbonyl (C=O) groups is 1. The molecule has 0 spiro atoms. The smallest absolute Gasteiger partial charge is 0.227 e. The van der Waals surface area contributed by atoms with Crippen molar-refractivity contribution < 1.29 is 9.18 Å². The van der Waals surface area contributed by atoms with Gasteiger partial charge in [-0.15, -0.1) is 0 Å². The maximum Gasteiger partial charge on any atom is 0.227 e. The van der Waals surface area contributed by atoms with E-state index in [4.69, 9.17) is 9.97 Å². The van der Waals surface area contributed by atoms with Gasteiger partial charge >= 0.3 is 0 Å². The summed E-state index contributed by atoms with van der Waals surface area (Å²) in [5.74, 6) is 1.48. The highest BCUT2D eigenvalue weighted by molar-refractivity contribution is 5.79. The number of amides is 1. The molecule has 1 fully saturated rings. The van der Waals surface area contributed by atoms with Crippen molar-refractivity contribution in [2.24, 2.45) is 0 Å². The van der Waals surface area contributed by atoms with Crippen LogP contribution < -0.4 is 4.90 Å². The molecule has 0 unspecified atom stereocenters. The Morgan fingerprint density at radius 2 is 1.93 bits per heavy atom. The maximum atomic E-state index is 13.2. The predicted octanol–water partition coefficient (Wildman–Crippen LogP) is 2.97. The number of carbonyl (C=O) groups excluding carboxylic acids is 1. The molecule has 30 heavy (non-hydrogen) atoms. The summed E-state index contributed by atoms with van der Waals surface area (Å²) in [6.45, 7) is 2.54. The molecule has 1 amide bonds. The molecule has 2 aliphatic heterocycles. The molecule has 1 aromatic carbocycles. The van der Waals surface area contributed by atoms with Crippen LogP contribution in [0.4, 0.5) is 10.2 Å². The molecule has 0 radical (unpaired) electrons. The van der Waals surface area contributed by atoms with E-state index in [2.05, 4.69) is 16.8 Å². The summed E-state index contributed by atoms with van der Waals surface area (Å²) in [6, 6.07) is 6.08. The third kappa shape index (κ3) is 4.31. The first-order valence-electron chi connectivity index (χ1n) is 10.7.